The first kappa shape index (κ1) is 20.0. The SMILES string of the molecule is COc1cc(C[PH](c2ccccc2)(c2ccccc2)c2ccccc2)cc2sccc12. The van der Waals surface area contributed by atoms with Crippen molar-refractivity contribution >= 4 is 44.6 Å². The van der Waals surface area contributed by atoms with E-state index in [9.17, 15) is 0 Å². The van der Waals surface area contributed by atoms with E-state index >= 15 is 0 Å². The van der Waals surface area contributed by atoms with Crippen LogP contribution in [0.4, 0.5) is 0 Å². The summed E-state index contributed by atoms with van der Waals surface area (Å²) in [6.07, 6.45) is 0.981. The molecular formula is C28H25OPS. The molecule has 0 amide bonds. The van der Waals surface area contributed by atoms with Crippen molar-refractivity contribution < 1.29 is 4.74 Å². The molecule has 154 valence electrons. The van der Waals surface area contributed by atoms with Crippen LogP contribution in [0.25, 0.3) is 10.1 Å². The molecule has 0 aliphatic heterocycles. The standard InChI is InChI=1S/C28H25OPS/c1-29-27-19-22(20-28-26(27)17-18-31-28)21-30(23-11-5-2-6-12-23,24-13-7-3-8-14-24)25-15-9-4-10-16-25/h2-20,30H,21H2,1H3. The number of fused-ring (bicyclic) bond motifs is 1. The first-order chi connectivity index (χ1) is 15.3. The van der Waals surface area contributed by atoms with Crippen LogP contribution < -0.4 is 20.7 Å². The van der Waals surface area contributed by atoms with Gasteiger partial charge in [0.1, 0.15) is 0 Å². The fraction of sp³-hybridized carbons (Fsp3) is 0.0714. The summed E-state index contributed by atoms with van der Waals surface area (Å²) in [6, 6.07) is 40.0. The summed E-state index contributed by atoms with van der Waals surface area (Å²) in [5.74, 6) is 0.964. The molecule has 0 spiro atoms. The molecule has 0 aliphatic carbocycles. The quantitative estimate of drug-likeness (QED) is 0.288. The molecule has 4 aromatic carbocycles. The van der Waals surface area contributed by atoms with Gasteiger partial charge in [-0.25, -0.2) is 0 Å². The molecule has 0 atom stereocenters. The zero-order valence-electron chi connectivity index (χ0n) is 17.5. The number of rotatable bonds is 6. The van der Waals surface area contributed by atoms with Gasteiger partial charge in [-0.2, -0.15) is 0 Å². The summed E-state index contributed by atoms with van der Waals surface area (Å²) in [6.45, 7) is 0. The van der Waals surface area contributed by atoms with Crippen LogP contribution in [0.5, 0.6) is 5.75 Å². The molecule has 0 unspecified atom stereocenters. The maximum atomic E-state index is 5.78. The third-order valence-corrected chi connectivity index (χ3v) is 11.8. The van der Waals surface area contributed by atoms with Gasteiger partial charge in [0.05, 0.1) is 0 Å². The van der Waals surface area contributed by atoms with Gasteiger partial charge in [0.15, 0.2) is 0 Å². The molecule has 0 bridgehead atoms. The van der Waals surface area contributed by atoms with Crippen molar-refractivity contribution in [1.29, 1.82) is 0 Å². The molecule has 1 heterocycles. The molecule has 1 nitrogen and oxygen atoms in total. The molecule has 31 heavy (non-hydrogen) atoms. The number of thiophene rings is 1. The second-order valence-electron chi connectivity index (χ2n) is 7.81. The minimum atomic E-state index is -2.32. The molecule has 0 fully saturated rings. The Labute approximate surface area is 188 Å². The van der Waals surface area contributed by atoms with Crippen LogP contribution in [0.1, 0.15) is 5.56 Å². The average Bonchev–Trinajstić information content (AvgIpc) is 3.32. The van der Waals surface area contributed by atoms with E-state index in [0.29, 0.717) is 0 Å². The molecular weight excluding hydrogens is 415 g/mol. The van der Waals surface area contributed by atoms with Crippen molar-refractivity contribution in [3.8, 4) is 5.75 Å². The van der Waals surface area contributed by atoms with Crippen LogP contribution in [0.3, 0.4) is 0 Å². The number of methoxy groups -OCH3 is 1. The molecule has 5 rings (SSSR count). The predicted molar refractivity (Wildman–Crippen MR) is 139 cm³/mol. The van der Waals surface area contributed by atoms with Gasteiger partial charge in [0.2, 0.25) is 0 Å². The second-order valence-corrected chi connectivity index (χ2v) is 12.7. The van der Waals surface area contributed by atoms with Crippen LogP contribution in [0, 0.1) is 0 Å². The molecule has 0 saturated carbocycles. The Hall–Kier alpha value is -2.93. The summed E-state index contributed by atoms with van der Waals surface area (Å²) >= 11 is 1.78. The van der Waals surface area contributed by atoms with Gasteiger partial charge in [-0.3, -0.25) is 0 Å². The zero-order chi connectivity index (χ0) is 21.1. The Morgan fingerprint density at radius 3 is 1.68 bits per heavy atom. The van der Waals surface area contributed by atoms with Crippen LogP contribution in [0.15, 0.2) is 115 Å². The van der Waals surface area contributed by atoms with E-state index in [4.69, 9.17) is 4.74 Å². The third kappa shape index (κ3) is 3.67. The Bertz CT molecular complexity index is 1180. The Morgan fingerprint density at radius 1 is 0.677 bits per heavy atom. The first-order valence-electron chi connectivity index (χ1n) is 10.5. The van der Waals surface area contributed by atoms with Gasteiger partial charge < -0.3 is 0 Å². The normalized spacial score (nSPS) is 12.0. The van der Waals surface area contributed by atoms with Crippen molar-refractivity contribution in [2.75, 3.05) is 7.11 Å². The third-order valence-electron chi connectivity index (χ3n) is 6.08. The van der Waals surface area contributed by atoms with Gasteiger partial charge in [0, 0.05) is 0 Å². The summed E-state index contributed by atoms with van der Waals surface area (Å²) in [5.41, 5.74) is 1.33. The van der Waals surface area contributed by atoms with E-state index in [1.54, 1.807) is 18.4 Å². The summed E-state index contributed by atoms with van der Waals surface area (Å²) in [4.78, 5) is 0. The van der Waals surface area contributed by atoms with Crippen LogP contribution in [0.2, 0.25) is 0 Å². The Morgan fingerprint density at radius 2 is 1.19 bits per heavy atom. The van der Waals surface area contributed by atoms with E-state index in [0.717, 1.165) is 11.9 Å². The fourth-order valence-electron chi connectivity index (χ4n) is 4.64. The van der Waals surface area contributed by atoms with Crippen LogP contribution in [-0.4, -0.2) is 7.11 Å². The fourth-order valence-corrected chi connectivity index (χ4v) is 10.2. The van der Waals surface area contributed by atoms with Crippen molar-refractivity contribution in [3.63, 3.8) is 0 Å². The molecule has 5 aromatic rings. The summed E-state index contributed by atoms with van der Waals surface area (Å²) < 4.78 is 7.06. The molecule has 0 radical (unpaired) electrons. The van der Waals surface area contributed by atoms with Crippen molar-refractivity contribution in [2.45, 2.75) is 6.16 Å². The first-order valence-corrected chi connectivity index (χ1v) is 13.6. The van der Waals surface area contributed by atoms with Gasteiger partial charge >= 0.3 is 188 Å². The predicted octanol–water partition coefficient (Wildman–Crippen LogP) is 6.14. The Kier molecular flexibility index (Phi) is 5.59. The molecule has 0 aliphatic rings. The molecule has 3 heteroatoms. The van der Waals surface area contributed by atoms with Crippen molar-refractivity contribution in [3.05, 3.63) is 120 Å². The van der Waals surface area contributed by atoms with Gasteiger partial charge in [-0.05, 0) is 0 Å². The van der Waals surface area contributed by atoms with Gasteiger partial charge in [-0.1, -0.05) is 0 Å². The number of ether oxygens (including phenoxy) is 1. The monoisotopic (exact) mass is 440 g/mol. The summed E-state index contributed by atoms with van der Waals surface area (Å²) in [5, 5.41) is 7.63. The topological polar surface area (TPSA) is 9.23 Å². The number of benzene rings is 4. The molecule has 0 saturated heterocycles. The van der Waals surface area contributed by atoms with Crippen molar-refractivity contribution in [2.24, 2.45) is 0 Å². The average molecular weight is 441 g/mol. The van der Waals surface area contributed by atoms with Gasteiger partial charge in [-0.15, -0.1) is 0 Å². The van der Waals surface area contributed by atoms with E-state index in [-0.39, 0.29) is 0 Å². The van der Waals surface area contributed by atoms with E-state index in [1.807, 2.05) is 0 Å². The van der Waals surface area contributed by atoms with Crippen molar-refractivity contribution in [1.82, 2.24) is 0 Å². The Balaban J connectivity index is 1.78. The zero-order valence-corrected chi connectivity index (χ0v) is 19.3. The minimum absolute atomic E-state index is 0.964. The second kappa shape index (κ2) is 8.67. The maximum absolute atomic E-state index is 5.78. The number of hydrogen-bond acceptors (Lipinski definition) is 2. The summed E-state index contributed by atoms with van der Waals surface area (Å²) in [7, 11) is -0.548. The van der Waals surface area contributed by atoms with E-state index in [1.165, 1.54) is 31.6 Å². The van der Waals surface area contributed by atoms with E-state index in [2.05, 4.69) is 115 Å². The van der Waals surface area contributed by atoms with Gasteiger partial charge in [0.25, 0.3) is 0 Å². The van der Waals surface area contributed by atoms with Crippen LogP contribution >= 0.6 is 18.6 Å². The molecule has 1 aromatic heterocycles. The van der Waals surface area contributed by atoms with Crippen LogP contribution in [-0.2, 0) is 6.16 Å². The van der Waals surface area contributed by atoms with E-state index < -0.39 is 7.26 Å². The molecule has 0 N–H and O–H groups in total. The number of hydrogen-bond donors (Lipinski definition) is 0.